The van der Waals surface area contributed by atoms with Gasteiger partial charge >= 0.3 is 0 Å². The molecule has 71 heavy (non-hydrogen) atoms. The molecule has 0 aliphatic carbocycles. The van der Waals surface area contributed by atoms with Crippen molar-refractivity contribution in [2.24, 2.45) is 0 Å². The monoisotopic (exact) mass is 918 g/mol. The molecule has 5 heterocycles. The van der Waals surface area contributed by atoms with Crippen LogP contribution in [0.4, 0.5) is 0 Å². The summed E-state index contributed by atoms with van der Waals surface area (Å²) < 4.78 is 2.30. The zero-order valence-corrected chi connectivity index (χ0v) is 39.2. The fourth-order valence-corrected chi connectivity index (χ4v) is 9.12. The Bertz CT molecular complexity index is 3710. The molecule has 0 fully saturated rings. The minimum absolute atomic E-state index is 0.522. The van der Waals surface area contributed by atoms with E-state index in [0.717, 1.165) is 77.7 Å². The van der Waals surface area contributed by atoms with E-state index in [2.05, 4.69) is 87.3 Å². The molecule has 0 bridgehead atoms. The van der Waals surface area contributed by atoms with E-state index in [-0.39, 0.29) is 0 Å². The molecular weight excluding hydrogens is 877 g/mol. The molecule has 12 aromatic rings. The molecule has 0 aliphatic rings. The van der Waals surface area contributed by atoms with Crippen molar-refractivity contribution in [3.63, 3.8) is 0 Å². The van der Waals surface area contributed by atoms with E-state index in [1.165, 1.54) is 0 Å². The predicted octanol–water partition coefficient (Wildman–Crippen LogP) is 12.7. The molecule has 0 saturated heterocycles. The van der Waals surface area contributed by atoms with E-state index >= 15 is 0 Å². The van der Waals surface area contributed by atoms with E-state index in [1.54, 1.807) is 0 Å². The molecule has 0 radical (unpaired) electrons. The number of aromatic nitrogens is 12. The quantitative estimate of drug-likeness (QED) is 0.136. The first-order valence-corrected chi connectivity index (χ1v) is 23.3. The molecule has 338 valence electrons. The summed E-state index contributed by atoms with van der Waals surface area (Å²) in [5.74, 6) is 6.09. The Kier molecular flexibility index (Phi) is 10.7. The zero-order chi connectivity index (χ0) is 48.0. The number of aryl methyl sites for hydroxylation is 4. The van der Waals surface area contributed by atoms with E-state index in [4.69, 9.17) is 44.9 Å². The summed E-state index contributed by atoms with van der Waals surface area (Å²) in [5, 5.41) is 1.98. The lowest BCUT2D eigenvalue weighted by molar-refractivity contribution is 0.928. The van der Waals surface area contributed by atoms with Gasteiger partial charge in [0.1, 0.15) is 23.3 Å². The number of nitrogens with zero attached hydrogens (tertiary/aromatic N) is 12. The molecular formula is C59H42N12. The second-order valence-electron chi connectivity index (χ2n) is 17.3. The second-order valence-corrected chi connectivity index (χ2v) is 17.3. The molecule has 5 aromatic heterocycles. The molecule has 0 amide bonds. The number of fused-ring (bicyclic) bond motifs is 3. The van der Waals surface area contributed by atoms with Gasteiger partial charge in [0.2, 0.25) is 0 Å². The van der Waals surface area contributed by atoms with E-state index in [1.807, 2.05) is 137 Å². The van der Waals surface area contributed by atoms with Gasteiger partial charge in [-0.1, -0.05) is 121 Å². The molecule has 0 aliphatic heterocycles. The topological polar surface area (TPSA) is 147 Å². The Morgan fingerprint density at radius 3 is 1.07 bits per heavy atom. The Labute approximate surface area is 409 Å². The highest BCUT2D eigenvalue weighted by Gasteiger charge is 2.23. The molecule has 12 rings (SSSR count). The Morgan fingerprint density at radius 2 is 0.620 bits per heavy atom. The molecule has 0 saturated carbocycles. The van der Waals surface area contributed by atoms with Crippen molar-refractivity contribution in [3.8, 4) is 96.5 Å². The van der Waals surface area contributed by atoms with Crippen LogP contribution in [0.1, 0.15) is 23.3 Å². The highest BCUT2D eigenvalue weighted by molar-refractivity contribution is 6.12. The third kappa shape index (κ3) is 8.33. The molecule has 12 heteroatoms. The van der Waals surface area contributed by atoms with Gasteiger partial charge in [-0.2, -0.15) is 0 Å². The Morgan fingerprint density at radius 1 is 0.268 bits per heavy atom. The number of hydrogen-bond donors (Lipinski definition) is 0. The summed E-state index contributed by atoms with van der Waals surface area (Å²) in [5.41, 5.74) is 11.3. The Balaban J connectivity index is 1.15. The van der Waals surface area contributed by atoms with Crippen LogP contribution in [-0.4, -0.2) is 59.4 Å². The summed E-state index contributed by atoms with van der Waals surface area (Å²) in [7, 11) is 0. The third-order valence-corrected chi connectivity index (χ3v) is 12.3. The van der Waals surface area contributed by atoms with Gasteiger partial charge < -0.3 is 4.57 Å². The van der Waals surface area contributed by atoms with Gasteiger partial charge in [0, 0.05) is 55.3 Å². The van der Waals surface area contributed by atoms with Crippen LogP contribution in [0.15, 0.2) is 182 Å². The van der Waals surface area contributed by atoms with Gasteiger partial charge in [-0.3, -0.25) is 0 Å². The molecule has 0 spiro atoms. The summed E-state index contributed by atoms with van der Waals surface area (Å²) >= 11 is 0. The van der Waals surface area contributed by atoms with Crippen LogP contribution >= 0.6 is 0 Å². The van der Waals surface area contributed by atoms with Crippen LogP contribution in [0.25, 0.3) is 118 Å². The van der Waals surface area contributed by atoms with Gasteiger partial charge in [0.15, 0.2) is 34.9 Å². The molecule has 12 nitrogen and oxygen atoms in total. The van der Waals surface area contributed by atoms with Crippen LogP contribution in [0.3, 0.4) is 0 Å². The van der Waals surface area contributed by atoms with Crippen molar-refractivity contribution >= 4 is 21.8 Å². The predicted molar refractivity (Wildman–Crippen MR) is 279 cm³/mol. The second kappa shape index (κ2) is 17.8. The first-order valence-electron chi connectivity index (χ1n) is 23.3. The summed E-state index contributed by atoms with van der Waals surface area (Å²) in [6.45, 7) is 7.56. The van der Waals surface area contributed by atoms with Gasteiger partial charge in [-0.05, 0) is 88.4 Å². The fraction of sp³-hybridized carbons (Fsp3) is 0.0678. The average Bonchev–Trinajstić information content (AvgIpc) is 3.73. The van der Waals surface area contributed by atoms with Crippen molar-refractivity contribution in [3.05, 3.63) is 205 Å². The van der Waals surface area contributed by atoms with Crippen LogP contribution in [0.2, 0.25) is 0 Å². The lowest BCUT2D eigenvalue weighted by Gasteiger charge is -2.17. The van der Waals surface area contributed by atoms with Crippen LogP contribution < -0.4 is 0 Å². The normalized spacial score (nSPS) is 11.4. The lowest BCUT2D eigenvalue weighted by atomic mass is 10.0. The van der Waals surface area contributed by atoms with Crippen molar-refractivity contribution in [2.45, 2.75) is 27.7 Å². The van der Waals surface area contributed by atoms with Crippen molar-refractivity contribution in [2.75, 3.05) is 0 Å². The summed E-state index contributed by atoms with van der Waals surface area (Å²) in [4.78, 5) is 53.9. The third-order valence-electron chi connectivity index (χ3n) is 12.3. The maximum absolute atomic E-state index is 5.41. The summed E-state index contributed by atoms with van der Waals surface area (Å²) in [6, 6.07) is 61.6. The number of hydrogen-bond acceptors (Lipinski definition) is 11. The molecule has 7 aromatic carbocycles. The maximum Gasteiger partial charge on any atom is 0.164 e. The largest absolute Gasteiger partial charge is 0.309 e. The van der Waals surface area contributed by atoms with Gasteiger partial charge in [0.05, 0.1) is 28.1 Å². The van der Waals surface area contributed by atoms with Crippen LogP contribution in [0.5, 0.6) is 0 Å². The zero-order valence-electron chi connectivity index (χ0n) is 39.2. The SMILES string of the molecule is Cc1nc(C)nc(-c2ccc3c(c2)c2cc(-c4nc(C)nc(C)n4)ccc2n3-c2ccc(-c3nc(-c4ccccc4)nc(-c4ccccc4)n3)cc2-c2cc(-c3ccccc3)nc(-c3ccccc3)n2)n1. The highest BCUT2D eigenvalue weighted by Crippen LogP contribution is 2.41. The summed E-state index contributed by atoms with van der Waals surface area (Å²) in [6.07, 6.45) is 0. The first-order chi connectivity index (χ1) is 34.8. The fourth-order valence-electron chi connectivity index (χ4n) is 9.12. The van der Waals surface area contributed by atoms with Gasteiger partial charge in [0.25, 0.3) is 0 Å². The minimum Gasteiger partial charge on any atom is -0.309 e. The maximum atomic E-state index is 5.41. The van der Waals surface area contributed by atoms with Crippen LogP contribution in [0, 0.1) is 27.7 Å². The molecule has 0 unspecified atom stereocenters. The number of benzene rings is 7. The first kappa shape index (κ1) is 42.8. The molecule has 0 N–H and O–H groups in total. The standard InChI is InChI=1S/C59H42N12/c1-35-60-36(2)63-57(62-35)43-25-28-51-46(31-43)47-32-44(58-64-37(3)61-38(4)65-58)26-29-52(47)71(51)53-30-27-45(59-69-55(41-21-13-7-14-22-41)68-56(70-59)42-23-15-8-16-24-42)33-48(53)50-34-49(39-17-9-5-10-18-39)66-54(67-50)40-19-11-6-12-20-40/h5-34H,1-4H3. The molecule has 0 atom stereocenters. The lowest BCUT2D eigenvalue weighted by Crippen LogP contribution is -2.03. The van der Waals surface area contributed by atoms with Crippen LogP contribution in [-0.2, 0) is 0 Å². The Hall–Kier alpha value is -9.55. The minimum atomic E-state index is 0.522. The highest BCUT2D eigenvalue weighted by atomic mass is 15.1. The smallest absolute Gasteiger partial charge is 0.164 e. The van der Waals surface area contributed by atoms with Crippen molar-refractivity contribution < 1.29 is 0 Å². The van der Waals surface area contributed by atoms with Gasteiger partial charge in [-0.15, -0.1) is 0 Å². The van der Waals surface area contributed by atoms with Gasteiger partial charge in [-0.25, -0.2) is 54.8 Å². The average molecular weight is 919 g/mol. The van der Waals surface area contributed by atoms with Crippen molar-refractivity contribution in [1.29, 1.82) is 0 Å². The number of rotatable bonds is 9. The van der Waals surface area contributed by atoms with E-state index in [9.17, 15) is 0 Å². The van der Waals surface area contributed by atoms with E-state index < -0.39 is 0 Å². The van der Waals surface area contributed by atoms with E-state index in [0.29, 0.717) is 63.9 Å². The van der Waals surface area contributed by atoms with Crippen molar-refractivity contribution in [1.82, 2.24) is 59.4 Å².